The van der Waals surface area contributed by atoms with E-state index in [1.54, 1.807) is 12.0 Å². The number of hydrogen-bond donors (Lipinski definition) is 1. The molecule has 0 aliphatic carbocycles. The van der Waals surface area contributed by atoms with Crippen molar-refractivity contribution in [3.05, 3.63) is 29.3 Å². The van der Waals surface area contributed by atoms with Crippen molar-refractivity contribution in [2.45, 2.75) is 45.3 Å². The summed E-state index contributed by atoms with van der Waals surface area (Å²) < 4.78 is 11.1. The quantitative estimate of drug-likeness (QED) is 0.872. The molecule has 2 atom stereocenters. The zero-order valence-electron chi connectivity index (χ0n) is 14.4. The number of methoxy groups -OCH3 is 1. The van der Waals surface area contributed by atoms with Crippen LogP contribution in [-0.2, 0) is 9.53 Å². The largest absolute Gasteiger partial charge is 0.483 e. The maximum Gasteiger partial charge on any atom is 0.260 e. The first-order valence-electron chi connectivity index (χ1n) is 8.12. The lowest BCUT2D eigenvalue weighted by atomic mass is 10.0. The smallest absolute Gasteiger partial charge is 0.260 e. The predicted octanol–water partition coefficient (Wildman–Crippen LogP) is 2.11. The molecule has 5 nitrogen and oxygen atoms in total. The highest BCUT2D eigenvalue weighted by atomic mass is 16.5. The lowest BCUT2D eigenvalue weighted by Gasteiger charge is -2.23. The van der Waals surface area contributed by atoms with Crippen LogP contribution in [0.25, 0.3) is 0 Å². The van der Waals surface area contributed by atoms with Crippen LogP contribution < -0.4 is 4.74 Å². The summed E-state index contributed by atoms with van der Waals surface area (Å²) in [6.45, 7) is 6.65. The minimum absolute atomic E-state index is 0.0127. The van der Waals surface area contributed by atoms with E-state index in [0.717, 1.165) is 16.9 Å². The van der Waals surface area contributed by atoms with Gasteiger partial charge in [0.05, 0.1) is 18.8 Å². The van der Waals surface area contributed by atoms with Crippen LogP contribution in [0.3, 0.4) is 0 Å². The Hall–Kier alpha value is -1.59. The second kappa shape index (κ2) is 7.79. The van der Waals surface area contributed by atoms with Crippen molar-refractivity contribution in [2.24, 2.45) is 0 Å². The van der Waals surface area contributed by atoms with E-state index in [4.69, 9.17) is 9.47 Å². The van der Waals surface area contributed by atoms with Gasteiger partial charge in [0.1, 0.15) is 5.75 Å². The zero-order valence-corrected chi connectivity index (χ0v) is 14.4. The molecule has 23 heavy (non-hydrogen) atoms. The van der Waals surface area contributed by atoms with E-state index in [0.29, 0.717) is 18.9 Å². The van der Waals surface area contributed by atoms with Gasteiger partial charge in [-0.3, -0.25) is 4.79 Å². The van der Waals surface area contributed by atoms with Crippen molar-refractivity contribution < 1.29 is 19.4 Å². The fourth-order valence-corrected chi connectivity index (χ4v) is 2.99. The molecular weight excluding hydrogens is 294 g/mol. The van der Waals surface area contributed by atoms with E-state index >= 15 is 0 Å². The third-order valence-corrected chi connectivity index (χ3v) is 4.38. The first-order valence-corrected chi connectivity index (χ1v) is 8.12. The van der Waals surface area contributed by atoms with Gasteiger partial charge >= 0.3 is 0 Å². The SMILES string of the molecule is CO[C@@H]1C[C@@H](CO)N(C(=O)COc2cc(C)ccc2C(C)C)C1. The number of carbonyl (C=O) groups excluding carboxylic acids is 1. The Kier molecular flexibility index (Phi) is 6.02. The number of amides is 1. The first kappa shape index (κ1) is 17.8. The van der Waals surface area contributed by atoms with Crippen molar-refractivity contribution in [1.29, 1.82) is 0 Å². The van der Waals surface area contributed by atoms with Crippen LogP contribution >= 0.6 is 0 Å². The molecule has 0 unspecified atom stereocenters. The van der Waals surface area contributed by atoms with Gasteiger partial charge in [-0.2, -0.15) is 0 Å². The number of aliphatic hydroxyl groups excluding tert-OH is 1. The standard InChI is InChI=1S/C18H27NO4/c1-12(2)16-6-5-13(3)7-17(16)23-11-18(21)19-9-15(22-4)8-14(19)10-20/h5-7,12,14-15,20H,8-11H2,1-4H3/t14-,15+/m0/s1. The highest BCUT2D eigenvalue weighted by molar-refractivity contribution is 5.78. The maximum atomic E-state index is 12.4. The number of aryl methyl sites for hydroxylation is 1. The van der Waals surface area contributed by atoms with E-state index in [9.17, 15) is 9.90 Å². The third kappa shape index (κ3) is 4.24. The predicted molar refractivity (Wildman–Crippen MR) is 88.8 cm³/mol. The van der Waals surface area contributed by atoms with Crippen LogP contribution in [0.2, 0.25) is 0 Å². The fourth-order valence-electron chi connectivity index (χ4n) is 2.99. The molecule has 0 saturated carbocycles. The van der Waals surface area contributed by atoms with Gasteiger partial charge in [0, 0.05) is 13.7 Å². The van der Waals surface area contributed by atoms with Crippen LogP contribution in [0.1, 0.15) is 37.3 Å². The number of aliphatic hydroxyl groups is 1. The van der Waals surface area contributed by atoms with Gasteiger partial charge in [0.25, 0.3) is 5.91 Å². The summed E-state index contributed by atoms with van der Waals surface area (Å²) in [5.74, 6) is 0.978. The summed E-state index contributed by atoms with van der Waals surface area (Å²) in [6.07, 6.45) is 0.654. The Morgan fingerprint density at radius 3 is 2.78 bits per heavy atom. The van der Waals surface area contributed by atoms with Gasteiger partial charge in [0.15, 0.2) is 6.61 Å². The van der Waals surface area contributed by atoms with E-state index < -0.39 is 0 Å². The fraction of sp³-hybridized carbons (Fsp3) is 0.611. The van der Waals surface area contributed by atoms with Crippen molar-refractivity contribution in [2.75, 3.05) is 26.9 Å². The number of hydrogen-bond acceptors (Lipinski definition) is 4. The summed E-state index contributed by atoms with van der Waals surface area (Å²) >= 11 is 0. The summed E-state index contributed by atoms with van der Waals surface area (Å²) in [5.41, 5.74) is 2.20. The van der Waals surface area contributed by atoms with Gasteiger partial charge in [0.2, 0.25) is 0 Å². The molecule has 0 radical (unpaired) electrons. The Labute approximate surface area is 138 Å². The van der Waals surface area contributed by atoms with Crippen molar-refractivity contribution in [3.63, 3.8) is 0 Å². The molecule has 2 rings (SSSR count). The van der Waals surface area contributed by atoms with Crippen molar-refractivity contribution in [1.82, 2.24) is 4.90 Å². The third-order valence-electron chi connectivity index (χ3n) is 4.38. The lowest BCUT2D eigenvalue weighted by Crippen LogP contribution is -2.40. The Balaban J connectivity index is 2.03. The molecule has 1 aliphatic rings. The molecule has 5 heteroatoms. The van der Waals surface area contributed by atoms with Gasteiger partial charge in [-0.05, 0) is 36.5 Å². The minimum atomic E-state index is -0.182. The maximum absolute atomic E-state index is 12.4. The van der Waals surface area contributed by atoms with Crippen LogP contribution in [0.5, 0.6) is 5.75 Å². The van der Waals surface area contributed by atoms with E-state index in [-0.39, 0.29) is 31.3 Å². The second-order valence-electron chi connectivity index (χ2n) is 6.46. The molecule has 1 aromatic carbocycles. The number of ether oxygens (including phenoxy) is 2. The van der Waals surface area contributed by atoms with Crippen LogP contribution in [0, 0.1) is 6.92 Å². The first-order chi connectivity index (χ1) is 11.0. The number of likely N-dealkylation sites (tertiary alicyclic amines) is 1. The van der Waals surface area contributed by atoms with Gasteiger partial charge in [-0.25, -0.2) is 0 Å². The Bertz CT molecular complexity index is 544. The molecular formula is C18H27NO4. The Morgan fingerprint density at radius 1 is 1.43 bits per heavy atom. The molecule has 0 spiro atoms. The normalized spacial score (nSPS) is 21.0. The number of rotatable bonds is 6. The highest BCUT2D eigenvalue weighted by Gasteiger charge is 2.34. The molecule has 1 N–H and O–H groups in total. The molecule has 0 bridgehead atoms. The summed E-state index contributed by atoms with van der Waals surface area (Å²) in [6, 6.07) is 5.88. The van der Waals surface area contributed by atoms with Crippen LogP contribution in [-0.4, -0.2) is 54.9 Å². The van der Waals surface area contributed by atoms with Crippen molar-refractivity contribution in [3.8, 4) is 5.75 Å². The van der Waals surface area contributed by atoms with Gasteiger partial charge in [-0.15, -0.1) is 0 Å². The molecule has 1 heterocycles. The zero-order chi connectivity index (χ0) is 17.0. The van der Waals surface area contributed by atoms with Crippen LogP contribution in [0.15, 0.2) is 18.2 Å². The molecule has 1 fully saturated rings. The van der Waals surface area contributed by atoms with Crippen LogP contribution in [0.4, 0.5) is 0 Å². The second-order valence-corrected chi connectivity index (χ2v) is 6.46. The highest BCUT2D eigenvalue weighted by Crippen LogP contribution is 2.28. The van der Waals surface area contributed by atoms with E-state index in [2.05, 4.69) is 19.9 Å². The lowest BCUT2D eigenvalue weighted by molar-refractivity contribution is -0.135. The number of benzene rings is 1. The summed E-state index contributed by atoms with van der Waals surface area (Å²) in [5, 5.41) is 9.45. The molecule has 1 saturated heterocycles. The van der Waals surface area contributed by atoms with E-state index in [1.807, 2.05) is 19.1 Å². The monoisotopic (exact) mass is 321 g/mol. The average Bonchev–Trinajstić information content (AvgIpc) is 2.95. The topological polar surface area (TPSA) is 59.0 Å². The molecule has 1 aliphatic heterocycles. The molecule has 1 aromatic rings. The molecule has 0 aromatic heterocycles. The van der Waals surface area contributed by atoms with Gasteiger partial charge < -0.3 is 19.5 Å². The number of carbonyl (C=O) groups is 1. The molecule has 128 valence electrons. The Morgan fingerprint density at radius 2 is 2.17 bits per heavy atom. The molecule has 1 amide bonds. The van der Waals surface area contributed by atoms with Gasteiger partial charge in [-0.1, -0.05) is 26.0 Å². The van der Waals surface area contributed by atoms with Crippen molar-refractivity contribution >= 4 is 5.91 Å². The minimum Gasteiger partial charge on any atom is -0.483 e. The number of nitrogens with zero attached hydrogens (tertiary/aromatic N) is 1. The average molecular weight is 321 g/mol. The van der Waals surface area contributed by atoms with E-state index in [1.165, 1.54) is 0 Å². The summed E-state index contributed by atoms with van der Waals surface area (Å²) in [4.78, 5) is 14.1. The summed E-state index contributed by atoms with van der Waals surface area (Å²) in [7, 11) is 1.63.